The minimum atomic E-state index is -1.30. The Morgan fingerprint density at radius 2 is 1.62 bits per heavy atom. The monoisotopic (exact) mass is 537 g/mol. The molecule has 0 bridgehead atoms. The van der Waals surface area contributed by atoms with E-state index in [9.17, 15) is 19.5 Å². The summed E-state index contributed by atoms with van der Waals surface area (Å²) >= 11 is 0. The normalized spacial score (nSPS) is 18.5. The highest BCUT2D eigenvalue weighted by molar-refractivity contribution is 6.06. The number of rotatable bonds is 7. The zero-order valence-corrected chi connectivity index (χ0v) is 23.0. The van der Waals surface area contributed by atoms with Crippen LogP contribution in [-0.4, -0.2) is 23.8 Å². The second kappa shape index (κ2) is 11.4. The molecule has 7 heteroatoms. The molecule has 2 atom stereocenters. The highest BCUT2D eigenvalue weighted by Gasteiger charge is 2.41. The molecule has 1 aliphatic heterocycles. The first-order chi connectivity index (χ1) is 19.2. The minimum Gasteiger partial charge on any atom is -0.550 e. The molecule has 1 heterocycles. The number of allylic oxidation sites excluding steroid dienone is 1. The molecule has 3 aromatic rings. The molecular formula is C33H33N2O5-. The van der Waals surface area contributed by atoms with Crippen molar-refractivity contribution < 1.29 is 24.2 Å². The van der Waals surface area contributed by atoms with Crippen LogP contribution in [0.3, 0.4) is 0 Å². The number of nitrogens with one attached hydrogen (secondary N) is 1. The SMILES string of the molecule is Cc1ccc([C@@H]2CC(=O)C3=C(C2)Nc2ccccc2N(C(=O)CCC(=O)[O-])[C@@H]3c2ccc(OC(C)C)cc2)cc1. The summed E-state index contributed by atoms with van der Waals surface area (Å²) in [6.45, 7) is 5.93. The van der Waals surface area contributed by atoms with Crippen LogP contribution in [-0.2, 0) is 14.4 Å². The number of carboxylic acids is 1. The van der Waals surface area contributed by atoms with Gasteiger partial charge in [0.2, 0.25) is 5.91 Å². The van der Waals surface area contributed by atoms with Crippen LogP contribution in [0, 0.1) is 6.92 Å². The van der Waals surface area contributed by atoms with Crippen molar-refractivity contribution in [1.82, 2.24) is 0 Å². The zero-order valence-electron chi connectivity index (χ0n) is 23.0. The Kier molecular flexibility index (Phi) is 7.74. The van der Waals surface area contributed by atoms with Crippen molar-refractivity contribution in [3.05, 3.63) is 101 Å². The number of amides is 1. The molecule has 0 saturated carbocycles. The van der Waals surface area contributed by atoms with Crippen molar-refractivity contribution in [2.75, 3.05) is 10.2 Å². The Morgan fingerprint density at radius 3 is 2.30 bits per heavy atom. The fourth-order valence-corrected chi connectivity index (χ4v) is 5.59. The quantitative estimate of drug-likeness (QED) is 0.444. The summed E-state index contributed by atoms with van der Waals surface area (Å²) in [6, 6.07) is 22.4. The van der Waals surface area contributed by atoms with Gasteiger partial charge in [0.15, 0.2) is 5.78 Å². The molecule has 1 N–H and O–H groups in total. The second-order valence-corrected chi connectivity index (χ2v) is 10.7. The van der Waals surface area contributed by atoms with E-state index in [0.29, 0.717) is 35.5 Å². The molecule has 1 amide bonds. The first-order valence-electron chi connectivity index (χ1n) is 13.7. The molecule has 0 fully saturated rings. The largest absolute Gasteiger partial charge is 0.550 e. The van der Waals surface area contributed by atoms with E-state index >= 15 is 0 Å². The number of hydrogen-bond donors (Lipinski definition) is 1. The number of carbonyl (C=O) groups excluding carboxylic acids is 3. The number of nitrogens with zero attached hydrogens (tertiary/aromatic N) is 1. The molecule has 7 nitrogen and oxygen atoms in total. The first-order valence-corrected chi connectivity index (χ1v) is 13.7. The predicted octanol–water partition coefficient (Wildman–Crippen LogP) is 5.21. The topological polar surface area (TPSA) is 98.8 Å². The number of benzene rings is 3. The van der Waals surface area contributed by atoms with Gasteiger partial charge in [0.05, 0.1) is 23.5 Å². The highest BCUT2D eigenvalue weighted by atomic mass is 16.5. The Hall–Kier alpha value is -4.39. The predicted molar refractivity (Wildman–Crippen MR) is 152 cm³/mol. The maximum atomic E-state index is 14.0. The molecule has 0 radical (unpaired) electrons. The van der Waals surface area contributed by atoms with Gasteiger partial charge >= 0.3 is 0 Å². The molecule has 0 saturated heterocycles. The van der Waals surface area contributed by atoms with E-state index in [4.69, 9.17) is 4.74 Å². The van der Waals surface area contributed by atoms with Gasteiger partial charge in [0.1, 0.15) is 5.75 Å². The lowest BCUT2D eigenvalue weighted by Gasteiger charge is -2.35. The molecule has 1 aliphatic carbocycles. The molecule has 2 aliphatic rings. The number of ether oxygens (including phenoxy) is 1. The number of fused-ring (bicyclic) bond motifs is 1. The molecule has 0 aromatic heterocycles. The lowest BCUT2D eigenvalue weighted by atomic mass is 9.78. The van der Waals surface area contributed by atoms with Crippen LogP contribution in [0.25, 0.3) is 0 Å². The van der Waals surface area contributed by atoms with E-state index in [1.54, 1.807) is 4.90 Å². The van der Waals surface area contributed by atoms with Crippen molar-refractivity contribution in [1.29, 1.82) is 0 Å². The summed E-state index contributed by atoms with van der Waals surface area (Å²) in [6.07, 6.45) is 0.255. The summed E-state index contributed by atoms with van der Waals surface area (Å²) in [5.41, 5.74) is 5.58. The van der Waals surface area contributed by atoms with E-state index in [0.717, 1.165) is 22.4 Å². The van der Waals surface area contributed by atoms with Crippen LogP contribution >= 0.6 is 0 Å². The molecular weight excluding hydrogens is 504 g/mol. The van der Waals surface area contributed by atoms with Gasteiger partial charge in [-0.25, -0.2) is 0 Å². The summed E-state index contributed by atoms with van der Waals surface area (Å²) < 4.78 is 5.83. The number of Topliss-reactive ketones (excluding diaryl/α,β-unsaturated/α-hetero) is 1. The van der Waals surface area contributed by atoms with Crippen LogP contribution in [0.1, 0.15) is 68.2 Å². The Labute approximate surface area is 234 Å². The van der Waals surface area contributed by atoms with Crippen LogP contribution in [0.15, 0.2) is 84.1 Å². The molecule has 40 heavy (non-hydrogen) atoms. The van der Waals surface area contributed by atoms with Crippen LogP contribution in [0.4, 0.5) is 11.4 Å². The Balaban J connectivity index is 1.65. The van der Waals surface area contributed by atoms with Crippen molar-refractivity contribution in [3.8, 4) is 5.75 Å². The van der Waals surface area contributed by atoms with Crippen molar-refractivity contribution in [2.24, 2.45) is 0 Å². The third kappa shape index (κ3) is 5.64. The van der Waals surface area contributed by atoms with Gasteiger partial charge in [-0.2, -0.15) is 0 Å². The second-order valence-electron chi connectivity index (χ2n) is 10.7. The third-order valence-corrected chi connectivity index (χ3v) is 7.42. The van der Waals surface area contributed by atoms with Gasteiger partial charge in [-0.3, -0.25) is 14.5 Å². The first kappa shape index (κ1) is 27.2. The molecule has 206 valence electrons. The van der Waals surface area contributed by atoms with Crippen LogP contribution in [0.5, 0.6) is 5.75 Å². The van der Waals surface area contributed by atoms with E-state index in [1.807, 2.05) is 69.3 Å². The number of carboxylic acid groups (broad SMARTS) is 1. The van der Waals surface area contributed by atoms with Crippen molar-refractivity contribution >= 4 is 29.0 Å². The van der Waals surface area contributed by atoms with Gasteiger partial charge in [-0.15, -0.1) is 0 Å². The number of aryl methyl sites for hydroxylation is 1. The number of carbonyl (C=O) groups is 3. The smallest absolute Gasteiger partial charge is 0.228 e. The summed E-state index contributed by atoms with van der Waals surface area (Å²) in [4.78, 5) is 40.7. The van der Waals surface area contributed by atoms with Gasteiger partial charge in [0.25, 0.3) is 0 Å². The Bertz CT molecular complexity index is 1460. The molecule has 0 spiro atoms. The fraction of sp³-hybridized carbons (Fsp3) is 0.303. The standard InChI is InChI=1S/C33H34N2O5/c1-20(2)40-25-14-12-23(13-15-25)33-32-27(18-24(19-29(32)36)22-10-8-21(3)9-11-22)34-26-6-4-5-7-28(26)35(33)30(37)16-17-31(38)39/h4-15,20,24,33-34H,16-19H2,1-3H3,(H,38,39)/p-1/t24-,33+/m0/s1. The van der Waals surface area contributed by atoms with Gasteiger partial charge in [-0.1, -0.05) is 54.1 Å². The Morgan fingerprint density at radius 1 is 0.950 bits per heavy atom. The van der Waals surface area contributed by atoms with Crippen molar-refractivity contribution in [3.63, 3.8) is 0 Å². The summed E-state index contributed by atoms with van der Waals surface area (Å²) in [5, 5.41) is 14.8. The summed E-state index contributed by atoms with van der Waals surface area (Å²) in [5.74, 6) is -1.06. The third-order valence-electron chi connectivity index (χ3n) is 7.42. The molecule has 3 aromatic carbocycles. The van der Waals surface area contributed by atoms with E-state index < -0.39 is 24.3 Å². The van der Waals surface area contributed by atoms with E-state index in [2.05, 4.69) is 29.6 Å². The van der Waals surface area contributed by atoms with Crippen LogP contribution in [0.2, 0.25) is 0 Å². The average Bonchev–Trinajstić information content (AvgIpc) is 3.07. The van der Waals surface area contributed by atoms with Crippen LogP contribution < -0.4 is 20.1 Å². The zero-order chi connectivity index (χ0) is 28.4. The minimum absolute atomic E-state index is 0.00421. The van der Waals surface area contributed by atoms with E-state index in [1.165, 1.54) is 0 Å². The maximum absolute atomic E-state index is 14.0. The number of aliphatic carboxylic acids is 1. The number of para-hydroxylation sites is 2. The number of ketones is 1. The maximum Gasteiger partial charge on any atom is 0.228 e. The van der Waals surface area contributed by atoms with Crippen molar-refractivity contribution in [2.45, 2.75) is 64.5 Å². The lowest BCUT2D eigenvalue weighted by molar-refractivity contribution is -0.305. The van der Waals surface area contributed by atoms with Gasteiger partial charge in [0, 0.05) is 30.1 Å². The summed E-state index contributed by atoms with van der Waals surface area (Å²) in [7, 11) is 0. The fourth-order valence-electron chi connectivity index (χ4n) is 5.59. The number of hydrogen-bond acceptors (Lipinski definition) is 6. The lowest BCUT2D eigenvalue weighted by Crippen LogP contribution is -2.39. The molecule has 0 unspecified atom stereocenters. The van der Waals surface area contributed by atoms with Gasteiger partial charge < -0.3 is 20.0 Å². The van der Waals surface area contributed by atoms with Gasteiger partial charge in [-0.05, 0) is 74.9 Å². The van der Waals surface area contributed by atoms with E-state index in [-0.39, 0.29) is 24.2 Å². The average molecular weight is 538 g/mol. The highest BCUT2D eigenvalue weighted by Crippen LogP contribution is 2.47. The molecule has 5 rings (SSSR count). The number of anilines is 2.